The van der Waals surface area contributed by atoms with Gasteiger partial charge in [-0.3, -0.25) is 4.79 Å². The Morgan fingerprint density at radius 2 is 1.58 bits per heavy atom. The van der Waals surface area contributed by atoms with Gasteiger partial charge in [0.1, 0.15) is 28.4 Å². The fraction of sp³-hybridized carbons (Fsp3) is 0.350. The maximum atomic E-state index is 12.9. The van der Waals surface area contributed by atoms with Crippen LogP contribution in [0.3, 0.4) is 0 Å². The van der Waals surface area contributed by atoms with E-state index in [4.69, 9.17) is 14.2 Å². The first-order valence-electron chi connectivity index (χ1n) is 8.07. The molecular formula is C20H26LiO4P. The summed E-state index contributed by atoms with van der Waals surface area (Å²) in [5.74, 6) is 1.87. The van der Waals surface area contributed by atoms with Crippen LogP contribution >= 0.6 is 8.58 Å². The van der Waals surface area contributed by atoms with Crippen molar-refractivity contribution in [2.75, 3.05) is 14.2 Å². The maximum absolute atomic E-state index is 12.9. The molecule has 0 saturated carbocycles. The average Bonchev–Trinajstić information content (AvgIpc) is 2.54. The Morgan fingerprint density at radius 3 is 2.04 bits per heavy atom. The molecule has 6 heteroatoms. The number of carbonyl (C=O) groups excluding carboxylic acids is 1. The Balaban J connectivity index is 0.00000338. The summed E-state index contributed by atoms with van der Waals surface area (Å²) in [6.07, 6.45) is 0. The summed E-state index contributed by atoms with van der Waals surface area (Å²) in [5, 5.41) is 0.985. The number of aryl methyl sites for hydroxylation is 1. The van der Waals surface area contributed by atoms with Gasteiger partial charge >= 0.3 is 18.9 Å². The third-order valence-corrected chi connectivity index (χ3v) is 4.83. The van der Waals surface area contributed by atoms with Crippen molar-refractivity contribution < 1.29 is 19.0 Å². The fourth-order valence-corrected chi connectivity index (χ4v) is 3.51. The van der Waals surface area contributed by atoms with Crippen molar-refractivity contribution >= 4 is 38.3 Å². The van der Waals surface area contributed by atoms with Crippen LogP contribution < -0.4 is 19.5 Å². The SMILES string of the molecule is COc1cccc(OC)c1C(=O)Pc1ccc(OC(C)(C)C)cc1C.[LiH]. The Morgan fingerprint density at radius 1 is 1.00 bits per heavy atom. The molecule has 26 heavy (non-hydrogen) atoms. The van der Waals surface area contributed by atoms with Crippen LogP contribution in [0.25, 0.3) is 0 Å². The van der Waals surface area contributed by atoms with Crippen LogP contribution in [-0.2, 0) is 0 Å². The second-order valence-corrected chi connectivity index (χ2v) is 7.93. The second-order valence-electron chi connectivity index (χ2n) is 6.68. The number of hydrogen-bond donors (Lipinski definition) is 0. The number of methoxy groups -OCH3 is 2. The molecule has 1 atom stereocenters. The molecule has 2 rings (SSSR count). The molecule has 2 aromatic rings. The van der Waals surface area contributed by atoms with Crippen LogP contribution in [0.5, 0.6) is 17.2 Å². The molecule has 0 aliphatic rings. The van der Waals surface area contributed by atoms with E-state index in [-0.39, 0.29) is 38.6 Å². The van der Waals surface area contributed by atoms with E-state index in [2.05, 4.69) is 0 Å². The van der Waals surface area contributed by atoms with Crippen LogP contribution in [0, 0.1) is 6.92 Å². The predicted molar refractivity (Wildman–Crippen MR) is 111 cm³/mol. The molecule has 0 saturated heterocycles. The first-order chi connectivity index (χ1) is 11.7. The minimum absolute atomic E-state index is 0. The van der Waals surface area contributed by atoms with Crippen molar-refractivity contribution in [2.45, 2.75) is 33.3 Å². The molecule has 0 heterocycles. The molecular weight excluding hydrogens is 342 g/mol. The van der Waals surface area contributed by atoms with Gasteiger partial charge in [-0.25, -0.2) is 0 Å². The molecule has 0 bridgehead atoms. The first kappa shape index (κ1) is 22.6. The van der Waals surface area contributed by atoms with Crippen molar-refractivity contribution in [1.29, 1.82) is 0 Å². The monoisotopic (exact) mass is 368 g/mol. The van der Waals surface area contributed by atoms with E-state index in [1.807, 2.05) is 45.9 Å². The van der Waals surface area contributed by atoms with Crippen LogP contribution in [0.15, 0.2) is 36.4 Å². The van der Waals surface area contributed by atoms with Gasteiger partial charge in [-0.2, -0.15) is 0 Å². The zero-order valence-corrected chi connectivity index (χ0v) is 16.6. The molecule has 0 fully saturated rings. The summed E-state index contributed by atoms with van der Waals surface area (Å²) in [4.78, 5) is 12.9. The summed E-state index contributed by atoms with van der Waals surface area (Å²) in [5.41, 5.74) is 1.25. The molecule has 0 radical (unpaired) electrons. The number of carbonyl (C=O) groups is 1. The van der Waals surface area contributed by atoms with Crippen molar-refractivity contribution in [2.24, 2.45) is 0 Å². The summed E-state index contributed by atoms with van der Waals surface area (Å²) >= 11 is 0. The average molecular weight is 368 g/mol. The summed E-state index contributed by atoms with van der Waals surface area (Å²) in [6.45, 7) is 8.02. The van der Waals surface area contributed by atoms with Gasteiger partial charge in [0.2, 0.25) is 0 Å². The molecule has 4 nitrogen and oxygen atoms in total. The van der Waals surface area contributed by atoms with Crippen molar-refractivity contribution in [3.8, 4) is 17.2 Å². The molecule has 0 aliphatic carbocycles. The van der Waals surface area contributed by atoms with Gasteiger partial charge < -0.3 is 14.2 Å². The van der Waals surface area contributed by atoms with E-state index in [0.29, 0.717) is 17.1 Å². The fourth-order valence-electron chi connectivity index (χ4n) is 2.45. The van der Waals surface area contributed by atoms with E-state index in [9.17, 15) is 4.79 Å². The third kappa shape index (κ3) is 5.78. The molecule has 0 aromatic heterocycles. The van der Waals surface area contributed by atoms with Gasteiger partial charge in [0.05, 0.1) is 14.2 Å². The quantitative estimate of drug-likeness (QED) is 0.576. The minimum atomic E-state index is -0.253. The molecule has 2 aromatic carbocycles. The van der Waals surface area contributed by atoms with Crippen molar-refractivity contribution in [1.82, 2.24) is 0 Å². The number of benzene rings is 2. The topological polar surface area (TPSA) is 44.8 Å². The van der Waals surface area contributed by atoms with E-state index >= 15 is 0 Å². The Labute approximate surface area is 169 Å². The second kappa shape index (κ2) is 9.47. The zero-order chi connectivity index (χ0) is 18.6. The number of hydrogen-bond acceptors (Lipinski definition) is 4. The van der Waals surface area contributed by atoms with Gasteiger partial charge in [-0.05, 0) is 71.4 Å². The van der Waals surface area contributed by atoms with E-state index in [1.54, 1.807) is 32.4 Å². The molecule has 0 amide bonds. The summed E-state index contributed by atoms with van der Waals surface area (Å²) in [6, 6.07) is 11.2. The molecule has 1 unspecified atom stereocenters. The van der Waals surface area contributed by atoms with Gasteiger partial charge in [0.25, 0.3) is 0 Å². The third-order valence-electron chi connectivity index (χ3n) is 3.52. The summed E-state index contributed by atoms with van der Waals surface area (Å²) in [7, 11) is 3.09. The Kier molecular flexibility index (Phi) is 8.22. The van der Waals surface area contributed by atoms with E-state index < -0.39 is 0 Å². The standard InChI is InChI=1S/C20H25O4P.Li.H/c1-13-12-14(24-20(2,3)4)10-11-17(13)25-19(21)18-15(22-5)8-7-9-16(18)23-6;;/h7-12,25H,1-6H3;;. The van der Waals surface area contributed by atoms with Crippen LogP contribution in [0.2, 0.25) is 0 Å². The Hall–Kier alpha value is -1.46. The molecule has 0 spiro atoms. The predicted octanol–water partition coefficient (Wildman–Crippen LogP) is 3.69. The van der Waals surface area contributed by atoms with E-state index in [0.717, 1.165) is 16.6 Å². The normalized spacial score (nSPS) is 11.2. The van der Waals surface area contributed by atoms with Crippen molar-refractivity contribution in [3.05, 3.63) is 47.5 Å². The van der Waals surface area contributed by atoms with Crippen molar-refractivity contribution in [3.63, 3.8) is 0 Å². The number of ether oxygens (including phenoxy) is 3. The number of rotatable bonds is 6. The molecule has 0 aliphatic heterocycles. The summed E-state index contributed by atoms with van der Waals surface area (Å²) < 4.78 is 16.5. The van der Waals surface area contributed by atoms with E-state index in [1.165, 1.54) is 0 Å². The van der Waals surface area contributed by atoms with Gasteiger partial charge in [-0.15, -0.1) is 0 Å². The molecule has 0 N–H and O–H groups in total. The van der Waals surface area contributed by atoms with Crippen LogP contribution in [-0.4, -0.2) is 44.2 Å². The van der Waals surface area contributed by atoms with Crippen LogP contribution in [0.1, 0.15) is 36.7 Å². The van der Waals surface area contributed by atoms with Crippen LogP contribution in [0.4, 0.5) is 0 Å². The Bertz CT molecular complexity index is 747. The van der Waals surface area contributed by atoms with Gasteiger partial charge in [0.15, 0.2) is 5.52 Å². The van der Waals surface area contributed by atoms with Gasteiger partial charge in [-0.1, -0.05) is 12.1 Å². The zero-order valence-electron chi connectivity index (χ0n) is 15.6. The first-order valence-corrected chi connectivity index (χ1v) is 9.07. The molecule has 136 valence electrons. The van der Waals surface area contributed by atoms with Gasteiger partial charge in [0, 0.05) is 0 Å².